The van der Waals surface area contributed by atoms with Crippen LogP contribution in [0.5, 0.6) is 5.75 Å². The lowest BCUT2D eigenvalue weighted by molar-refractivity contribution is 0.329. The van der Waals surface area contributed by atoms with Crippen LogP contribution >= 0.6 is 11.8 Å². The van der Waals surface area contributed by atoms with Crippen molar-refractivity contribution in [3.8, 4) is 17.2 Å². The van der Waals surface area contributed by atoms with Crippen LogP contribution in [0.3, 0.4) is 0 Å². The zero-order chi connectivity index (χ0) is 24.0. The summed E-state index contributed by atoms with van der Waals surface area (Å²) in [5.74, 6) is 2.88. The molecule has 5 rings (SSSR count). The Hall–Kier alpha value is -3.33. The molecule has 0 unspecified atom stereocenters. The number of benzene rings is 2. The normalized spacial score (nSPS) is 15.1. The quantitative estimate of drug-likeness (QED) is 0.273. The van der Waals surface area contributed by atoms with Crippen LogP contribution in [0.2, 0.25) is 0 Å². The summed E-state index contributed by atoms with van der Waals surface area (Å²) in [4.78, 5) is 0. The molecular weight excluding hydrogens is 460 g/mol. The molecule has 1 saturated carbocycles. The molecule has 0 amide bonds. The number of aromatic nitrogens is 5. The van der Waals surface area contributed by atoms with Gasteiger partial charge in [-0.1, -0.05) is 55.3 Å². The van der Waals surface area contributed by atoms with Crippen LogP contribution < -0.4 is 10.1 Å². The Bertz CT molecular complexity index is 1240. The summed E-state index contributed by atoms with van der Waals surface area (Å²) >= 11 is 1.62. The van der Waals surface area contributed by atoms with Gasteiger partial charge in [0.25, 0.3) is 0 Å². The lowest BCUT2D eigenvalue weighted by Crippen LogP contribution is -2.18. The van der Waals surface area contributed by atoms with Crippen LogP contribution in [-0.4, -0.2) is 32.1 Å². The number of nitrogens with one attached hydrogen (secondary N) is 1. The first kappa shape index (κ1) is 23.4. The molecule has 1 fully saturated rings. The summed E-state index contributed by atoms with van der Waals surface area (Å²) in [6.07, 6.45) is 6.04. The van der Waals surface area contributed by atoms with Crippen LogP contribution in [0.1, 0.15) is 62.0 Å². The monoisotopic (exact) mass is 490 g/mol. The van der Waals surface area contributed by atoms with E-state index in [-0.39, 0.29) is 5.25 Å². The van der Waals surface area contributed by atoms with Gasteiger partial charge >= 0.3 is 0 Å². The molecule has 4 aromatic rings. The molecule has 0 radical (unpaired) electrons. The molecule has 0 saturated heterocycles. The Morgan fingerprint density at radius 3 is 2.66 bits per heavy atom. The molecule has 1 N–H and O–H groups in total. The first-order valence-electron chi connectivity index (χ1n) is 12.1. The number of nitrogens with zero attached hydrogens (tertiary/aromatic N) is 5. The van der Waals surface area contributed by atoms with Crippen molar-refractivity contribution in [1.29, 1.82) is 0 Å². The minimum absolute atomic E-state index is 0.0503. The predicted octanol–water partition coefficient (Wildman–Crippen LogP) is 6.31. The van der Waals surface area contributed by atoms with E-state index in [1.165, 1.54) is 19.3 Å². The van der Waals surface area contributed by atoms with Crippen LogP contribution in [0, 0.1) is 0 Å². The SMILES string of the molecule is COc1cccc(NCc2nnc(S[C@@H](C)c3nnc(-c4ccccc4)o3)n2C2CCCCC2)c1. The Balaban J connectivity index is 1.35. The lowest BCUT2D eigenvalue weighted by Gasteiger charge is -2.26. The van der Waals surface area contributed by atoms with Gasteiger partial charge < -0.3 is 19.0 Å². The molecule has 0 bridgehead atoms. The minimum atomic E-state index is -0.0503. The van der Waals surface area contributed by atoms with E-state index in [1.54, 1.807) is 18.9 Å². The molecule has 35 heavy (non-hydrogen) atoms. The Morgan fingerprint density at radius 1 is 1.03 bits per heavy atom. The number of hydrogen-bond donors (Lipinski definition) is 1. The molecule has 2 aromatic carbocycles. The van der Waals surface area contributed by atoms with E-state index in [2.05, 4.69) is 37.2 Å². The molecule has 0 spiro atoms. The fraction of sp³-hybridized carbons (Fsp3) is 0.385. The van der Waals surface area contributed by atoms with Crippen LogP contribution in [0.25, 0.3) is 11.5 Å². The summed E-state index contributed by atoms with van der Waals surface area (Å²) < 4.78 is 13.7. The van der Waals surface area contributed by atoms with Crippen molar-refractivity contribution < 1.29 is 9.15 Å². The summed E-state index contributed by atoms with van der Waals surface area (Å²) in [5, 5.41) is 22.1. The van der Waals surface area contributed by atoms with Gasteiger partial charge in [0.15, 0.2) is 11.0 Å². The Kier molecular flexibility index (Phi) is 7.32. The summed E-state index contributed by atoms with van der Waals surface area (Å²) in [5.41, 5.74) is 1.91. The van der Waals surface area contributed by atoms with Gasteiger partial charge in [0.2, 0.25) is 11.8 Å². The summed E-state index contributed by atoms with van der Waals surface area (Å²) in [6.45, 7) is 2.66. The van der Waals surface area contributed by atoms with Gasteiger partial charge in [-0.2, -0.15) is 0 Å². The third kappa shape index (κ3) is 5.51. The summed E-state index contributed by atoms with van der Waals surface area (Å²) in [7, 11) is 1.68. The van der Waals surface area contributed by atoms with Gasteiger partial charge in [-0.3, -0.25) is 0 Å². The van der Waals surface area contributed by atoms with Gasteiger partial charge in [-0.25, -0.2) is 0 Å². The van der Waals surface area contributed by atoms with E-state index in [0.717, 1.165) is 40.8 Å². The third-order valence-electron chi connectivity index (χ3n) is 6.29. The average Bonchev–Trinajstić information content (AvgIpc) is 3.56. The van der Waals surface area contributed by atoms with Gasteiger partial charge in [0.1, 0.15) is 5.75 Å². The molecule has 8 nitrogen and oxygen atoms in total. The van der Waals surface area contributed by atoms with E-state index < -0.39 is 0 Å². The Labute approximate surface area is 209 Å². The highest BCUT2D eigenvalue weighted by atomic mass is 32.2. The number of anilines is 1. The topological polar surface area (TPSA) is 90.9 Å². The molecule has 1 atom stereocenters. The van der Waals surface area contributed by atoms with Crippen molar-refractivity contribution in [1.82, 2.24) is 25.0 Å². The van der Waals surface area contributed by atoms with Gasteiger partial charge in [-0.05, 0) is 44.0 Å². The van der Waals surface area contributed by atoms with Crippen molar-refractivity contribution >= 4 is 17.4 Å². The second kappa shape index (κ2) is 10.9. The maximum absolute atomic E-state index is 6.00. The van der Waals surface area contributed by atoms with E-state index in [0.29, 0.717) is 24.4 Å². The zero-order valence-corrected chi connectivity index (χ0v) is 20.9. The van der Waals surface area contributed by atoms with Crippen molar-refractivity contribution in [2.45, 2.75) is 62.0 Å². The molecule has 1 aliphatic carbocycles. The Morgan fingerprint density at radius 2 is 1.86 bits per heavy atom. The highest BCUT2D eigenvalue weighted by molar-refractivity contribution is 7.99. The zero-order valence-electron chi connectivity index (χ0n) is 20.1. The molecular formula is C26H30N6O2S. The van der Waals surface area contributed by atoms with Crippen LogP contribution in [-0.2, 0) is 6.54 Å². The molecule has 182 valence electrons. The van der Waals surface area contributed by atoms with Gasteiger partial charge in [-0.15, -0.1) is 20.4 Å². The van der Waals surface area contributed by atoms with E-state index in [9.17, 15) is 0 Å². The first-order valence-corrected chi connectivity index (χ1v) is 13.0. The maximum Gasteiger partial charge on any atom is 0.247 e. The van der Waals surface area contributed by atoms with Gasteiger partial charge in [0, 0.05) is 23.4 Å². The fourth-order valence-corrected chi connectivity index (χ4v) is 5.40. The smallest absolute Gasteiger partial charge is 0.247 e. The number of ether oxygens (including phenoxy) is 1. The van der Waals surface area contributed by atoms with E-state index >= 15 is 0 Å². The van der Waals surface area contributed by atoms with Crippen LogP contribution in [0.4, 0.5) is 5.69 Å². The average molecular weight is 491 g/mol. The molecule has 2 heterocycles. The number of rotatable bonds is 9. The number of methoxy groups -OCH3 is 1. The van der Waals surface area contributed by atoms with Gasteiger partial charge in [0.05, 0.1) is 18.9 Å². The second-order valence-electron chi connectivity index (χ2n) is 8.72. The third-order valence-corrected chi connectivity index (χ3v) is 7.33. The minimum Gasteiger partial charge on any atom is -0.497 e. The van der Waals surface area contributed by atoms with Crippen molar-refractivity contribution in [3.63, 3.8) is 0 Å². The largest absolute Gasteiger partial charge is 0.497 e. The van der Waals surface area contributed by atoms with Crippen LogP contribution in [0.15, 0.2) is 64.2 Å². The second-order valence-corrected chi connectivity index (χ2v) is 10.0. The fourth-order valence-electron chi connectivity index (χ4n) is 4.43. The molecule has 1 aliphatic rings. The molecule has 2 aromatic heterocycles. The molecule has 0 aliphatic heterocycles. The highest BCUT2D eigenvalue weighted by Gasteiger charge is 2.26. The van der Waals surface area contributed by atoms with E-state index in [1.807, 2.05) is 54.6 Å². The van der Waals surface area contributed by atoms with Crippen molar-refractivity contribution in [2.75, 3.05) is 12.4 Å². The van der Waals surface area contributed by atoms with E-state index in [4.69, 9.17) is 9.15 Å². The van der Waals surface area contributed by atoms with Crippen molar-refractivity contribution in [3.05, 3.63) is 66.3 Å². The number of thioether (sulfide) groups is 1. The summed E-state index contributed by atoms with van der Waals surface area (Å²) in [6, 6.07) is 18.2. The van der Waals surface area contributed by atoms with Crippen molar-refractivity contribution in [2.24, 2.45) is 0 Å². The highest BCUT2D eigenvalue weighted by Crippen LogP contribution is 2.38. The molecule has 9 heteroatoms. The lowest BCUT2D eigenvalue weighted by atomic mass is 9.95. The number of hydrogen-bond acceptors (Lipinski definition) is 8. The maximum atomic E-state index is 6.00. The standard InChI is InChI=1S/C26H30N6O2S/c1-18(24-29-30-25(34-24)19-10-5-3-6-11-19)35-26-31-28-23(32(26)21-13-7-4-8-14-21)17-27-20-12-9-15-22(16-20)33-2/h3,5-6,9-12,15-16,18,21,27H,4,7-8,13-14,17H2,1-2H3/t18-/m0/s1. The first-order chi connectivity index (χ1) is 17.2. The predicted molar refractivity (Wildman–Crippen MR) is 136 cm³/mol.